The lowest BCUT2D eigenvalue weighted by Crippen LogP contribution is -2.20. The van der Waals surface area contributed by atoms with Crippen LogP contribution in [0.4, 0.5) is 14.5 Å². The zero-order valence-electron chi connectivity index (χ0n) is 8.25. The fraction of sp³-hybridized carbons (Fsp3) is 0.125. The molecule has 0 aliphatic rings. The predicted octanol–water partition coefficient (Wildman–Crippen LogP) is 3.12. The molecule has 0 atom stereocenters. The van der Waals surface area contributed by atoms with Crippen molar-refractivity contribution in [2.24, 2.45) is 0 Å². The normalized spacial score (nSPS) is 11.7. The Balaban J connectivity index is 3.22. The molecule has 0 radical (unpaired) electrons. The summed E-state index contributed by atoms with van der Waals surface area (Å²) in [7, 11) is 0.992. The van der Waals surface area contributed by atoms with Gasteiger partial charge in [-0.2, -0.15) is 8.78 Å². The second-order valence-electron chi connectivity index (χ2n) is 2.99. The summed E-state index contributed by atoms with van der Waals surface area (Å²) >= 11 is 11.2. The van der Waals surface area contributed by atoms with Gasteiger partial charge in [0.05, 0.1) is 20.6 Å². The first-order chi connectivity index (χ1) is 8.12. The van der Waals surface area contributed by atoms with Crippen LogP contribution in [0.15, 0.2) is 17.0 Å². The summed E-state index contributed by atoms with van der Waals surface area (Å²) in [5.74, 6) is -1.61. The highest BCUT2D eigenvalue weighted by Crippen LogP contribution is 2.34. The van der Waals surface area contributed by atoms with E-state index in [0.29, 0.717) is 0 Å². The van der Waals surface area contributed by atoms with Gasteiger partial charge in [-0.15, -0.1) is 0 Å². The molecule has 0 aromatic heterocycles. The summed E-state index contributed by atoms with van der Waals surface area (Å²) in [4.78, 5) is 10.4. The van der Waals surface area contributed by atoms with Gasteiger partial charge < -0.3 is 5.32 Å². The number of amides is 1. The van der Waals surface area contributed by atoms with Gasteiger partial charge in [-0.05, 0) is 12.1 Å². The van der Waals surface area contributed by atoms with Crippen LogP contribution in [0.5, 0.6) is 0 Å². The molecule has 0 heterocycles. The lowest BCUT2D eigenvalue weighted by atomic mass is 10.3. The van der Waals surface area contributed by atoms with E-state index in [4.69, 9.17) is 33.9 Å². The number of rotatable bonds is 3. The number of hydrogen-bond acceptors (Lipinski definition) is 3. The van der Waals surface area contributed by atoms with E-state index in [1.807, 2.05) is 0 Å². The minimum atomic E-state index is -4.07. The molecule has 1 rings (SSSR count). The number of carbonyl (C=O) groups excluding carboxylic acids is 1. The highest BCUT2D eigenvalue weighted by atomic mass is 35.7. The molecule has 100 valence electrons. The monoisotopic (exact) mass is 337 g/mol. The highest BCUT2D eigenvalue weighted by Gasteiger charge is 2.21. The summed E-state index contributed by atoms with van der Waals surface area (Å²) in [5.41, 5.74) is -0.312. The van der Waals surface area contributed by atoms with Gasteiger partial charge >= 0.3 is 6.43 Å². The fourth-order valence-corrected chi connectivity index (χ4v) is 2.48. The summed E-state index contributed by atoms with van der Waals surface area (Å²) < 4.78 is 46.1. The van der Waals surface area contributed by atoms with Crippen LogP contribution in [0.2, 0.25) is 10.0 Å². The molecule has 0 saturated heterocycles. The van der Waals surface area contributed by atoms with E-state index in [1.54, 1.807) is 5.32 Å². The van der Waals surface area contributed by atoms with Crippen LogP contribution in [0.25, 0.3) is 0 Å². The van der Waals surface area contributed by atoms with Gasteiger partial charge in [0, 0.05) is 10.7 Å². The number of hydrogen-bond donors (Lipinski definition) is 1. The molecule has 0 aliphatic heterocycles. The van der Waals surface area contributed by atoms with E-state index in [9.17, 15) is 22.0 Å². The molecule has 0 fully saturated rings. The van der Waals surface area contributed by atoms with Gasteiger partial charge in [0.15, 0.2) is 0 Å². The number of benzene rings is 1. The average molecular weight is 339 g/mol. The van der Waals surface area contributed by atoms with Crippen LogP contribution in [0, 0.1) is 0 Å². The van der Waals surface area contributed by atoms with Crippen molar-refractivity contribution in [2.45, 2.75) is 11.3 Å². The SMILES string of the molecule is O=C(Nc1c(Cl)cc(S(=O)(=O)Cl)cc1Cl)C(F)F. The molecule has 0 aliphatic carbocycles. The molecule has 1 N–H and O–H groups in total. The standard InChI is InChI=1S/C8H4Cl3F2NO3S/c9-4-1-3(18(11,16)17)2-5(10)6(4)14-8(15)7(12)13/h1-2,7H,(H,14,15). The van der Waals surface area contributed by atoms with Gasteiger partial charge in [0.2, 0.25) is 0 Å². The Morgan fingerprint density at radius 1 is 1.22 bits per heavy atom. The molecule has 1 aromatic carbocycles. The van der Waals surface area contributed by atoms with Gasteiger partial charge in [0.25, 0.3) is 15.0 Å². The third-order valence-electron chi connectivity index (χ3n) is 1.74. The summed E-state index contributed by atoms with van der Waals surface area (Å²) in [6, 6.07) is 1.77. The molecule has 0 unspecified atom stereocenters. The van der Waals surface area contributed by atoms with Crippen molar-refractivity contribution in [3.63, 3.8) is 0 Å². The summed E-state index contributed by atoms with van der Waals surface area (Å²) in [5, 5.41) is 1.12. The Morgan fingerprint density at radius 3 is 2.00 bits per heavy atom. The van der Waals surface area contributed by atoms with E-state index in [1.165, 1.54) is 0 Å². The first-order valence-electron chi connectivity index (χ1n) is 4.15. The first-order valence-corrected chi connectivity index (χ1v) is 7.22. The fourth-order valence-electron chi connectivity index (χ4n) is 0.988. The molecular weight excluding hydrogens is 335 g/mol. The van der Waals surface area contributed by atoms with Crippen molar-refractivity contribution in [3.05, 3.63) is 22.2 Å². The van der Waals surface area contributed by atoms with Crippen molar-refractivity contribution in [1.29, 1.82) is 0 Å². The quantitative estimate of drug-likeness (QED) is 0.861. The van der Waals surface area contributed by atoms with Crippen molar-refractivity contribution in [2.75, 3.05) is 5.32 Å². The topological polar surface area (TPSA) is 63.2 Å². The minimum absolute atomic E-state index is 0.312. The van der Waals surface area contributed by atoms with Gasteiger partial charge in [-0.3, -0.25) is 4.79 Å². The summed E-state index contributed by atoms with van der Waals surface area (Å²) in [6.07, 6.45) is -3.26. The minimum Gasteiger partial charge on any atom is -0.319 e. The number of anilines is 1. The third kappa shape index (κ3) is 3.68. The number of alkyl halides is 2. The van der Waals surface area contributed by atoms with E-state index in [2.05, 4.69) is 0 Å². The maximum atomic E-state index is 12.0. The zero-order valence-corrected chi connectivity index (χ0v) is 11.3. The Hall–Kier alpha value is -0.630. The number of halogens is 5. The van der Waals surface area contributed by atoms with Crippen LogP contribution >= 0.6 is 33.9 Å². The third-order valence-corrected chi connectivity index (χ3v) is 3.67. The van der Waals surface area contributed by atoms with E-state index >= 15 is 0 Å². The largest absolute Gasteiger partial charge is 0.319 e. The van der Waals surface area contributed by atoms with Crippen molar-refractivity contribution >= 4 is 54.5 Å². The molecule has 4 nitrogen and oxygen atoms in total. The van der Waals surface area contributed by atoms with Gasteiger partial charge in [-0.25, -0.2) is 8.42 Å². The van der Waals surface area contributed by atoms with Crippen LogP contribution in [0.3, 0.4) is 0 Å². The second-order valence-corrected chi connectivity index (χ2v) is 6.37. The van der Waals surface area contributed by atoms with Crippen molar-refractivity contribution < 1.29 is 22.0 Å². The summed E-state index contributed by atoms with van der Waals surface area (Å²) in [6.45, 7) is 0. The van der Waals surface area contributed by atoms with E-state index in [-0.39, 0.29) is 15.7 Å². The molecule has 10 heteroatoms. The smallest absolute Gasteiger partial charge is 0.315 e. The lowest BCUT2D eigenvalue weighted by Gasteiger charge is -2.10. The Kier molecular flexibility index (Phi) is 4.77. The second kappa shape index (κ2) is 5.56. The van der Waals surface area contributed by atoms with Crippen molar-refractivity contribution in [3.8, 4) is 0 Å². The van der Waals surface area contributed by atoms with E-state index in [0.717, 1.165) is 12.1 Å². The lowest BCUT2D eigenvalue weighted by molar-refractivity contribution is -0.126. The number of nitrogens with one attached hydrogen (secondary N) is 1. The maximum Gasteiger partial charge on any atom is 0.315 e. The molecule has 1 amide bonds. The molecule has 18 heavy (non-hydrogen) atoms. The maximum absolute atomic E-state index is 12.0. The predicted molar refractivity (Wildman–Crippen MR) is 64.1 cm³/mol. The Labute approximate surface area is 115 Å². The van der Waals surface area contributed by atoms with Crippen molar-refractivity contribution in [1.82, 2.24) is 0 Å². The molecule has 0 bridgehead atoms. The first kappa shape index (κ1) is 15.4. The highest BCUT2D eigenvalue weighted by molar-refractivity contribution is 8.13. The van der Waals surface area contributed by atoms with Gasteiger partial charge in [-0.1, -0.05) is 23.2 Å². The number of carbonyl (C=O) groups is 1. The van der Waals surface area contributed by atoms with Crippen LogP contribution in [0.1, 0.15) is 0 Å². The van der Waals surface area contributed by atoms with Crippen LogP contribution in [-0.2, 0) is 13.8 Å². The van der Waals surface area contributed by atoms with Crippen LogP contribution in [-0.4, -0.2) is 20.8 Å². The van der Waals surface area contributed by atoms with Crippen LogP contribution < -0.4 is 5.32 Å². The Bertz CT molecular complexity index is 568. The average Bonchev–Trinajstić information content (AvgIpc) is 2.21. The zero-order chi connectivity index (χ0) is 14.1. The molecular formula is C8H4Cl3F2NO3S. The molecule has 1 aromatic rings. The van der Waals surface area contributed by atoms with Gasteiger partial charge in [0.1, 0.15) is 0 Å². The van der Waals surface area contributed by atoms with E-state index < -0.39 is 26.3 Å². The molecule has 0 spiro atoms. The molecule has 0 saturated carbocycles. The Morgan fingerprint density at radius 2 is 1.67 bits per heavy atom.